The Balaban J connectivity index is 1.38. The summed E-state index contributed by atoms with van der Waals surface area (Å²) in [7, 11) is 0. The fraction of sp³-hybridized carbons (Fsp3) is 0.350. The Morgan fingerprint density at radius 3 is 2.42 bits per heavy atom. The highest BCUT2D eigenvalue weighted by atomic mass is 35.5. The number of nitrogens with one attached hydrogen (secondary N) is 1. The minimum absolute atomic E-state index is 0.0509. The van der Waals surface area contributed by atoms with E-state index in [0.29, 0.717) is 18.8 Å². The van der Waals surface area contributed by atoms with Gasteiger partial charge >= 0.3 is 0 Å². The fourth-order valence-corrected chi connectivity index (χ4v) is 3.26. The van der Waals surface area contributed by atoms with Crippen LogP contribution in [0.4, 0.5) is 5.69 Å². The van der Waals surface area contributed by atoms with Crippen LogP contribution in [0.2, 0.25) is 5.02 Å². The van der Waals surface area contributed by atoms with Crippen LogP contribution in [0.25, 0.3) is 0 Å². The molecule has 3 rings (SSSR count). The number of carbonyl (C=O) groups is 1. The number of anilines is 1. The largest absolute Gasteiger partial charge is 0.506 e. The number of para-hydroxylation sites is 2. The van der Waals surface area contributed by atoms with E-state index < -0.39 is 0 Å². The maximum absolute atomic E-state index is 12.1. The van der Waals surface area contributed by atoms with Crippen molar-refractivity contribution in [2.24, 2.45) is 0 Å². The predicted octanol–water partition coefficient (Wildman–Crippen LogP) is 2.53. The van der Waals surface area contributed by atoms with Crippen LogP contribution in [0.5, 0.6) is 5.75 Å². The summed E-state index contributed by atoms with van der Waals surface area (Å²) in [5.41, 5.74) is 2.02. The molecule has 5 nitrogen and oxygen atoms in total. The van der Waals surface area contributed by atoms with E-state index in [9.17, 15) is 9.90 Å². The first-order chi connectivity index (χ1) is 12.6. The average molecular weight is 374 g/mol. The number of hydrogen-bond donors (Lipinski definition) is 2. The van der Waals surface area contributed by atoms with Crippen molar-refractivity contribution in [1.82, 2.24) is 10.2 Å². The minimum Gasteiger partial charge on any atom is -0.506 e. The summed E-state index contributed by atoms with van der Waals surface area (Å²) >= 11 is 5.87. The number of aromatic hydroxyl groups is 1. The van der Waals surface area contributed by atoms with Gasteiger partial charge in [-0.1, -0.05) is 35.9 Å². The number of rotatable bonds is 6. The number of benzene rings is 2. The van der Waals surface area contributed by atoms with E-state index in [0.717, 1.165) is 48.9 Å². The molecule has 0 spiro atoms. The Kier molecular flexibility index (Phi) is 6.36. The molecule has 2 aromatic carbocycles. The highest BCUT2D eigenvalue weighted by Gasteiger charge is 2.20. The topological polar surface area (TPSA) is 55.8 Å². The maximum atomic E-state index is 12.1. The van der Waals surface area contributed by atoms with Crippen LogP contribution < -0.4 is 10.2 Å². The Bertz CT molecular complexity index is 728. The molecule has 0 aromatic heterocycles. The van der Waals surface area contributed by atoms with Crippen LogP contribution >= 0.6 is 11.6 Å². The number of amides is 1. The number of piperazine rings is 1. The van der Waals surface area contributed by atoms with E-state index in [2.05, 4.69) is 15.1 Å². The van der Waals surface area contributed by atoms with Gasteiger partial charge in [0, 0.05) is 37.7 Å². The molecule has 1 aliphatic rings. The van der Waals surface area contributed by atoms with Gasteiger partial charge < -0.3 is 15.3 Å². The van der Waals surface area contributed by atoms with Crippen molar-refractivity contribution in [3.8, 4) is 5.75 Å². The molecule has 0 unspecified atom stereocenters. The summed E-state index contributed by atoms with van der Waals surface area (Å²) < 4.78 is 0. The Morgan fingerprint density at radius 2 is 1.73 bits per heavy atom. The van der Waals surface area contributed by atoms with Gasteiger partial charge in [-0.2, -0.15) is 0 Å². The summed E-state index contributed by atoms with van der Waals surface area (Å²) in [6.07, 6.45) is 0.796. The summed E-state index contributed by atoms with van der Waals surface area (Å²) in [5.74, 6) is 0.357. The Morgan fingerprint density at radius 1 is 1.04 bits per heavy atom. The first-order valence-corrected chi connectivity index (χ1v) is 9.26. The molecule has 0 saturated carbocycles. The van der Waals surface area contributed by atoms with Crippen LogP contribution in [0.15, 0.2) is 48.5 Å². The molecule has 0 atom stereocenters. The van der Waals surface area contributed by atoms with E-state index in [4.69, 9.17) is 11.6 Å². The predicted molar refractivity (Wildman–Crippen MR) is 105 cm³/mol. The van der Waals surface area contributed by atoms with Crippen LogP contribution in [-0.2, 0) is 11.2 Å². The van der Waals surface area contributed by atoms with Crippen molar-refractivity contribution in [2.45, 2.75) is 6.42 Å². The molecule has 1 saturated heterocycles. The monoisotopic (exact) mass is 373 g/mol. The summed E-state index contributed by atoms with van der Waals surface area (Å²) in [5, 5.41) is 13.7. The lowest BCUT2D eigenvalue weighted by atomic mass is 10.1. The van der Waals surface area contributed by atoms with Crippen LogP contribution in [-0.4, -0.2) is 55.2 Å². The van der Waals surface area contributed by atoms with Gasteiger partial charge in [0.05, 0.1) is 12.2 Å². The van der Waals surface area contributed by atoms with E-state index in [1.54, 1.807) is 6.07 Å². The highest BCUT2D eigenvalue weighted by Crippen LogP contribution is 2.27. The van der Waals surface area contributed by atoms with E-state index >= 15 is 0 Å². The van der Waals surface area contributed by atoms with Crippen molar-refractivity contribution in [3.63, 3.8) is 0 Å². The lowest BCUT2D eigenvalue weighted by molar-refractivity contribution is -0.122. The van der Waals surface area contributed by atoms with Crippen molar-refractivity contribution in [1.29, 1.82) is 0 Å². The first-order valence-electron chi connectivity index (χ1n) is 8.88. The second kappa shape index (κ2) is 8.92. The molecule has 0 aliphatic carbocycles. The molecule has 1 heterocycles. The van der Waals surface area contributed by atoms with Gasteiger partial charge in [0.1, 0.15) is 5.75 Å². The smallest absolute Gasteiger partial charge is 0.234 e. The first kappa shape index (κ1) is 18.5. The van der Waals surface area contributed by atoms with Crippen molar-refractivity contribution in [3.05, 3.63) is 59.1 Å². The molecular formula is C20H24ClN3O2. The zero-order valence-electron chi connectivity index (χ0n) is 14.7. The van der Waals surface area contributed by atoms with Gasteiger partial charge in [0.2, 0.25) is 5.91 Å². The number of hydrogen-bond acceptors (Lipinski definition) is 4. The lowest BCUT2D eigenvalue weighted by Gasteiger charge is -2.35. The van der Waals surface area contributed by atoms with Crippen LogP contribution in [0.3, 0.4) is 0 Å². The second-order valence-electron chi connectivity index (χ2n) is 6.48. The number of phenolic OH excluding ortho intramolecular Hbond substituents is 1. The van der Waals surface area contributed by atoms with Crippen molar-refractivity contribution in [2.75, 3.05) is 44.2 Å². The molecule has 26 heavy (non-hydrogen) atoms. The van der Waals surface area contributed by atoms with Crippen molar-refractivity contribution < 1.29 is 9.90 Å². The Labute approximate surface area is 159 Å². The number of phenols is 1. The van der Waals surface area contributed by atoms with Gasteiger partial charge in [-0.15, -0.1) is 0 Å². The normalized spacial score (nSPS) is 15.0. The standard InChI is InChI=1S/C20H24ClN3O2/c21-17-7-5-16(6-8-17)9-10-22-20(26)15-23-11-13-24(14-12-23)18-3-1-2-4-19(18)25/h1-8,25H,9-15H2,(H,22,26). The average Bonchev–Trinajstić information content (AvgIpc) is 2.65. The Hall–Kier alpha value is -2.24. The van der Waals surface area contributed by atoms with Gasteiger partial charge in [-0.25, -0.2) is 0 Å². The zero-order chi connectivity index (χ0) is 18.4. The molecule has 2 aromatic rings. The number of halogens is 1. The highest BCUT2D eigenvalue weighted by molar-refractivity contribution is 6.30. The van der Waals surface area contributed by atoms with Crippen molar-refractivity contribution >= 4 is 23.2 Å². The van der Waals surface area contributed by atoms with Gasteiger partial charge in [-0.05, 0) is 36.2 Å². The van der Waals surface area contributed by atoms with E-state index in [-0.39, 0.29) is 5.91 Å². The molecule has 1 amide bonds. The molecule has 138 valence electrons. The molecule has 0 bridgehead atoms. The molecular weight excluding hydrogens is 350 g/mol. The minimum atomic E-state index is 0.0509. The van der Waals surface area contributed by atoms with Gasteiger partial charge in [-0.3, -0.25) is 9.69 Å². The summed E-state index contributed by atoms with van der Waals surface area (Å²) in [6, 6.07) is 15.1. The molecule has 1 aliphatic heterocycles. The van der Waals surface area contributed by atoms with Crippen LogP contribution in [0.1, 0.15) is 5.56 Å². The van der Waals surface area contributed by atoms with E-state index in [1.165, 1.54) is 0 Å². The van der Waals surface area contributed by atoms with Gasteiger partial charge in [0.25, 0.3) is 0 Å². The van der Waals surface area contributed by atoms with E-state index in [1.807, 2.05) is 42.5 Å². The third-order valence-corrected chi connectivity index (χ3v) is 4.86. The third kappa shape index (κ3) is 5.13. The number of carbonyl (C=O) groups excluding carboxylic acids is 1. The van der Waals surface area contributed by atoms with Gasteiger partial charge in [0.15, 0.2) is 0 Å². The number of nitrogens with zero attached hydrogens (tertiary/aromatic N) is 2. The molecule has 6 heteroatoms. The SMILES string of the molecule is O=C(CN1CCN(c2ccccc2O)CC1)NCCc1ccc(Cl)cc1. The van der Waals surface area contributed by atoms with Crippen LogP contribution in [0, 0.1) is 0 Å². The third-order valence-electron chi connectivity index (χ3n) is 4.61. The molecule has 1 fully saturated rings. The zero-order valence-corrected chi connectivity index (χ0v) is 15.5. The summed E-state index contributed by atoms with van der Waals surface area (Å²) in [6.45, 7) is 4.25. The summed E-state index contributed by atoms with van der Waals surface area (Å²) in [4.78, 5) is 16.4. The fourth-order valence-electron chi connectivity index (χ4n) is 3.13. The lowest BCUT2D eigenvalue weighted by Crippen LogP contribution is -2.49. The maximum Gasteiger partial charge on any atom is 0.234 e. The molecule has 2 N–H and O–H groups in total. The molecule has 0 radical (unpaired) electrons. The second-order valence-corrected chi connectivity index (χ2v) is 6.91. The quantitative estimate of drug-likeness (QED) is 0.817.